The molecule has 0 atom stereocenters. The van der Waals surface area contributed by atoms with Crippen LogP contribution in [0.15, 0.2) is 42.5 Å². The Bertz CT molecular complexity index is 898. The molecule has 1 aromatic heterocycles. The van der Waals surface area contributed by atoms with Gasteiger partial charge in [0.1, 0.15) is 0 Å². The highest BCUT2D eigenvalue weighted by Gasteiger charge is 2.14. The molecule has 0 saturated heterocycles. The molecule has 0 aliphatic carbocycles. The molecule has 0 aliphatic heterocycles. The second-order valence-corrected chi connectivity index (χ2v) is 6.20. The van der Waals surface area contributed by atoms with E-state index in [1.807, 2.05) is 32.0 Å². The lowest BCUT2D eigenvalue weighted by Crippen LogP contribution is -1.98. The number of carbonyl (C=O) groups excluding carboxylic acids is 1. The fourth-order valence-corrected chi connectivity index (χ4v) is 3.06. The topological polar surface area (TPSA) is 30.0 Å². The zero-order chi connectivity index (χ0) is 16.6. The van der Waals surface area contributed by atoms with Gasteiger partial charge in [0.25, 0.3) is 5.24 Å². The molecule has 116 valence electrons. The Kier molecular flexibility index (Phi) is 4.18. The van der Waals surface area contributed by atoms with Gasteiger partial charge in [0, 0.05) is 16.5 Å². The number of aromatic nitrogens is 1. The molecule has 1 heterocycles. The fourth-order valence-electron chi connectivity index (χ4n) is 2.90. The maximum atomic E-state index is 11.9. The molecule has 0 amide bonds. The summed E-state index contributed by atoms with van der Waals surface area (Å²) in [5.74, 6) is 0. The largest absolute Gasteiger partial charge is 0.276 e. The third kappa shape index (κ3) is 2.99. The van der Waals surface area contributed by atoms with Crippen LogP contribution in [-0.4, -0.2) is 10.2 Å². The van der Waals surface area contributed by atoms with E-state index >= 15 is 0 Å². The lowest BCUT2D eigenvalue weighted by molar-refractivity contribution is 0.108. The molecule has 0 N–H and O–H groups in total. The maximum absolute atomic E-state index is 11.9. The number of carbonyl (C=O) groups is 1. The van der Waals surface area contributed by atoms with Crippen molar-refractivity contribution in [3.05, 3.63) is 64.7 Å². The van der Waals surface area contributed by atoms with E-state index in [1.165, 1.54) is 5.56 Å². The number of fused-ring (bicyclic) bond motifs is 1. The van der Waals surface area contributed by atoms with Gasteiger partial charge in [-0.3, -0.25) is 4.79 Å². The summed E-state index contributed by atoms with van der Waals surface area (Å²) in [5, 5.41) is 0.366. The first kappa shape index (κ1) is 15.7. The van der Waals surface area contributed by atoms with E-state index in [0.717, 1.165) is 39.7 Å². The Balaban J connectivity index is 2.27. The summed E-state index contributed by atoms with van der Waals surface area (Å²) in [4.78, 5) is 16.7. The molecule has 2 nitrogen and oxygen atoms in total. The summed E-state index contributed by atoms with van der Waals surface area (Å²) in [5.41, 5.74) is 6.52. The van der Waals surface area contributed by atoms with Gasteiger partial charge in [-0.25, -0.2) is 4.98 Å². The maximum Gasteiger partial charge on any atom is 0.253 e. The number of nitrogens with zero attached hydrogens (tertiary/aromatic N) is 1. The highest BCUT2D eigenvalue weighted by molar-refractivity contribution is 6.68. The van der Waals surface area contributed by atoms with Crippen LogP contribution in [-0.2, 0) is 6.42 Å². The van der Waals surface area contributed by atoms with Gasteiger partial charge in [-0.2, -0.15) is 0 Å². The van der Waals surface area contributed by atoms with Gasteiger partial charge >= 0.3 is 0 Å². The van der Waals surface area contributed by atoms with Gasteiger partial charge in [0.2, 0.25) is 0 Å². The van der Waals surface area contributed by atoms with E-state index in [4.69, 9.17) is 16.6 Å². The second-order valence-electron chi connectivity index (χ2n) is 5.86. The number of rotatable bonds is 3. The summed E-state index contributed by atoms with van der Waals surface area (Å²) < 4.78 is 0. The van der Waals surface area contributed by atoms with Crippen LogP contribution >= 0.6 is 11.6 Å². The van der Waals surface area contributed by atoms with Crippen LogP contribution in [0.5, 0.6) is 0 Å². The number of benzene rings is 2. The van der Waals surface area contributed by atoms with Crippen LogP contribution in [0.4, 0.5) is 0 Å². The average Bonchev–Trinajstić information content (AvgIpc) is 2.54. The van der Waals surface area contributed by atoms with E-state index in [9.17, 15) is 4.79 Å². The zero-order valence-corrected chi connectivity index (χ0v) is 14.2. The first-order chi connectivity index (χ1) is 11.0. The van der Waals surface area contributed by atoms with Crippen LogP contribution in [0.2, 0.25) is 0 Å². The van der Waals surface area contributed by atoms with Gasteiger partial charge in [-0.05, 0) is 55.1 Å². The van der Waals surface area contributed by atoms with Crippen LogP contribution in [0.25, 0.3) is 22.2 Å². The number of hydrogen-bond acceptors (Lipinski definition) is 2. The monoisotopic (exact) mass is 323 g/mol. The van der Waals surface area contributed by atoms with Crippen molar-refractivity contribution in [2.45, 2.75) is 27.2 Å². The fraction of sp³-hybridized carbons (Fsp3) is 0.200. The molecular formula is C20H18ClNO. The van der Waals surface area contributed by atoms with Crippen molar-refractivity contribution in [2.24, 2.45) is 0 Å². The van der Waals surface area contributed by atoms with Crippen molar-refractivity contribution < 1.29 is 4.79 Å². The van der Waals surface area contributed by atoms with E-state index in [1.54, 1.807) is 6.07 Å². The Morgan fingerprint density at radius 2 is 1.78 bits per heavy atom. The van der Waals surface area contributed by atoms with Crippen molar-refractivity contribution in [1.29, 1.82) is 0 Å². The summed E-state index contributed by atoms with van der Waals surface area (Å²) in [7, 11) is 0. The van der Waals surface area contributed by atoms with E-state index in [2.05, 4.69) is 25.1 Å². The van der Waals surface area contributed by atoms with Crippen LogP contribution in [0.1, 0.15) is 34.0 Å². The second kappa shape index (κ2) is 6.13. The minimum absolute atomic E-state index is 0.450. The molecule has 2 aromatic carbocycles. The minimum Gasteiger partial charge on any atom is -0.276 e. The van der Waals surface area contributed by atoms with Crippen LogP contribution in [0.3, 0.4) is 0 Å². The zero-order valence-electron chi connectivity index (χ0n) is 13.5. The lowest BCUT2D eigenvalue weighted by Gasteiger charge is -2.11. The molecule has 0 aliphatic rings. The normalized spacial score (nSPS) is 11.0. The van der Waals surface area contributed by atoms with Gasteiger partial charge in [-0.1, -0.05) is 42.8 Å². The molecule has 23 heavy (non-hydrogen) atoms. The first-order valence-corrected chi connectivity index (χ1v) is 8.08. The third-order valence-corrected chi connectivity index (χ3v) is 4.32. The smallest absolute Gasteiger partial charge is 0.253 e. The van der Waals surface area contributed by atoms with Gasteiger partial charge in [-0.15, -0.1) is 0 Å². The van der Waals surface area contributed by atoms with E-state index in [0.29, 0.717) is 5.56 Å². The number of aryl methyl sites for hydroxylation is 3. The number of halogens is 1. The number of hydrogen-bond donors (Lipinski definition) is 0. The predicted molar refractivity (Wildman–Crippen MR) is 96.2 cm³/mol. The van der Waals surface area contributed by atoms with Crippen molar-refractivity contribution >= 4 is 27.7 Å². The van der Waals surface area contributed by atoms with Gasteiger partial charge in [0.15, 0.2) is 0 Å². The van der Waals surface area contributed by atoms with Gasteiger partial charge < -0.3 is 0 Å². The van der Waals surface area contributed by atoms with E-state index < -0.39 is 5.24 Å². The standard InChI is InChI=1S/C20H18ClNO/c1-4-14-5-7-15(8-6-14)18-11-17(20(21)23)16-10-12(2)9-13(3)19(16)22-18/h5-11H,4H2,1-3H3. The van der Waals surface area contributed by atoms with Crippen molar-refractivity contribution in [2.75, 3.05) is 0 Å². The van der Waals surface area contributed by atoms with E-state index in [-0.39, 0.29) is 0 Å². The average molecular weight is 324 g/mol. The first-order valence-electron chi connectivity index (χ1n) is 7.70. The molecule has 3 heteroatoms. The summed E-state index contributed by atoms with van der Waals surface area (Å²) in [6, 6.07) is 14.1. The molecule has 0 bridgehead atoms. The Morgan fingerprint density at radius 3 is 2.39 bits per heavy atom. The lowest BCUT2D eigenvalue weighted by atomic mass is 10.00. The Hall–Kier alpha value is -2.19. The van der Waals surface area contributed by atoms with Crippen LogP contribution < -0.4 is 0 Å². The van der Waals surface area contributed by atoms with Crippen molar-refractivity contribution in [3.63, 3.8) is 0 Å². The van der Waals surface area contributed by atoms with Crippen molar-refractivity contribution in [3.8, 4) is 11.3 Å². The highest BCUT2D eigenvalue weighted by atomic mass is 35.5. The SMILES string of the molecule is CCc1ccc(-c2cc(C(=O)Cl)c3cc(C)cc(C)c3n2)cc1. The number of pyridine rings is 1. The molecule has 3 rings (SSSR count). The Labute approximate surface area is 141 Å². The third-order valence-electron chi connectivity index (χ3n) is 4.12. The molecular weight excluding hydrogens is 306 g/mol. The molecule has 0 fully saturated rings. The predicted octanol–water partition coefficient (Wildman–Crippen LogP) is 5.46. The summed E-state index contributed by atoms with van der Waals surface area (Å²) in [6.07, 6.45) is 0.995. The Morgan fingerprint density at radius 1 is 1.09 bits per heavy atom. The molecule has 0 spiro atoms. The summed E-state index contributed by atoms with van der Waals surface area (Å²) in [6.45, 7) is 6.14. The van der Waals surface area contributed by atoms with Crippen molar-refractivity contribution in [1.82, 2.24) is 4.98 Å². The molecule has 3 aromatic rings. The quantitative estimate of drug-likeness (QED) is 0.599. The van der Waals surface area contributed by atoms with Crippen LogP contribution in [0, 0.1) is 13.8 Å². The minimum atomic E-state index is -0.450. The highest BCUT2D eigenvalue weighted by Crippen LogP contribution is 2.29. The summed E-state index contributed by atoms with van der Waals surface area (Å²) >= 11 is 5.83. The molecule has 0 saturated carbocycles. The molecule has 0 radical (unpaired) electrons. The molecule has 0 unspecified atom stereocenters. The van der Waals surface area contributed by atoms with Gasteiger partial charge in [0.05, 0.1) is 11.2 Å².